The van der Waals surface area contributed by atoms with E-state index in [2.05, 4.69) is 22.4 Å². The van der Waals surface area contributed by atoms with E-state index >= 15 is 0 Å². The average molecular weight is 255 g/mol. The lowest BCUT2D eigenvalue weighted by Gasteiger charge is -2.18. The highest BCUT2D eigenvalue weighted by molar-refractivity contribution is 7.78. The molecular formula is C15H13NOS. The van der Waals surface area contributed by atoms with E-state index in [0.717, 1.165) is 11.1 Å². The minimum absolute atomic E-state index is 0.411. The van der Waals surface area contributed by atoms with Crippen molar-refractivity contribution in [3.63, 3.8) is 0 Å². The topological polar surface area (TPSA) is 32.6 Å². The Hall–Kier alpha value is -1.80. The number of benzene rings is 2. The molecule has 2 aromatic rings. The van der Waals surface area contributed by atoms with Crippen LogP contribution in [0.1, 0.15) is 23.3 Å². The largest absolute Gasteiger partial charge is 0.386 e. The normalized spacial score (nSPS) is 13.4. The number of aliphatic imine (C=N–C) groups is 1. The second-order valence-corrected chi connectivity index (χ2v) is 4.11. The molecule has 18 heavy (non-hydrogen) atoms. The minimum atomic E-state index is -0.718. The van der Waals surface area contributed by atoms with Crippen LogP contribution in [0.2, 0.25) is 0 Å². The zero-order valence-corrected chi connectivity index (χ0v) is 10.5. The van der Waals surface area contributed by atoms with E-state index in [4.69, 9.17) is 0 Å². The van der Waals surface area contributed by atoms with Gasteiger partial charge in [-0.2, -0.15) is 0 Å². The van der Waals surface area contributed by atoms with Crippen LogP contribution in [0.15, 0.2) is 65.7 Å². The summed E-state index contributed by atoms with van der Waals surface area (Å²) in [6.45, 7) is 0. The first-order valence-corrected chi connectivity index (χ1v) is 6.08. The maximum atomic E-state index is 10.4. The van der Waals surface area contributed by atoms with Gasteiger partial charge < -0.3 is 5.11 Å². The van der Waals surface area contributed by atoms with Gasteiger partial charge >= 0.3 is 0 Å². The number of hydrogen-bond acceptors (Lipinski definition) is 3. The van der Waals surface area contributed by atoms with Gasteiger partial charge in [-0.15, -0.1) is 0 Å². The Kier molecular flexibility index (Phi) is 4.37. The van der Waals surface area contributed by atoms with Gasteiger partial charge in [-0.3, -0.25) is 0 Å². The van der Waals surface area contributed by atoms with Crippen molar-refractivity contribution >= 4 is 17.4 Å². The SMILES string of the molecule is OC(c1ccccc1)C(N=C=S)c1ccccc1. The van der Waals surface area contributed by atoms with Crippen LogP contribution >= 0.6 is 12.2 Å². The first-order valence-electron chi connectivity index (χ1n) is 5.68. The average Bonchev–Trinajstić information content (AvgIpc) is 2.46. The number of aliphatic hydroxyl groups is 1. The second kappa shape index (κ2) is 6.22. The molecule has 3 heteroatoms. The highest BCUT2D eigenvalue weighted by Gasteiger charge is 2.21. The van der Waals surface area contributed by atoms with Crippen molar-refractivity contribution in [3.05, 3.63) is 71.8 Å². The third kappa shape index (κ3) is 2.90. The smallest absolute Gasteiger partial charge is 0.115 e. The molecule has 90 valence electrons. The molecule has 0 amide bonds. The van der Waals surface area contributed by atoms with Gasteiger partial charge in [0, 0.05) is 0 Å². The quantitative estimate of drug-likeness (QED) is 0.669. The summed E-state index contributed by atoms with van der Waals surface area (Å²) in [5, 5.41) is 12.8. The van der Waals surface area contributed by atoms with Crippen LogP contribution in [-0.2, 0) is 0 Å². The lowest BCUT2D eigenvalue weighted by atomic mass is 9.96. The third-order valence-corrected chi connectivity index (χ3v) is 2.88. The molecule has 0 radical (unpaired) electrons. The van der Waals surface area contributed by atoms with Gasteiger partial charge in [-0.1, -0.05) is 60.7 Å². The van der Waals surface area contributed by atoms with Crippen LogP contribution in [0, 0.1) is 0 Å². The number of hydrogen-bond donors (Lipinski definition) is 1. The summed E-state index contributed by atoms with van der Waals surface area (Å²) in [6, 6.07) is 18.6. The molecular weight excluding hydrogens is 242 g/mol. The molecule has 2 nitrogen and oxygen atoms in total. The van der Waals surface area contributed by atoms with Crippen LogP contribution < -0.4 is 0 Å². The van der Waals surface area contributed by atoms with E-state index in [1.165, 1.54) is 0 Å². The number of aliphatic hydroxyl groups excluding tert-OH is 1. The van der Waals surface area contributed by atoms with Gasteiger partial charge in [-0.05, 0) is 23.3 Å². The van der Waals surface area contributed by atoms with Crippen molar-refractivity contribution in [1.82, 2.24) is 0 Å². The van der Waals surface area contributed by atoms with Gasteiger partial charge in [0.15, 0.2) is 0 Å². The number of isothiocyanates is 1. The number of nitrogens with zero attached hydrogens (tertiary/aromatic N) is 1. The molecule has 0 aromatic heterocycles. The van der Waals surface area contributed by atoms with Crippen molar-refractivity contribution in [1.29, 1.82) is 0 Å². The lowest BCUT2D eigenvalue weighted by Crippen LogP contribution is -2.08. The van der Waals surface area contributed by atoms with Crippen molar-refractivity contribution < 1.29 is 5.11 Å². The van der Waals surface area contributed by atoms with Crippen LogP contribution in [0.4, 0.5) is 0 Å². The summed E-state index contributed by atoms with van der Waals surface area (Å²) in [6.07, 6.45) is -0.718. The Labute approximate surface area is 112 Å². The zero-order chi connectivity index (χ0) is 12.8. The number of rotatable bonds is 4. The first-order chi connectivity index (χ1) is 8.83. The van der Waals surface area contributed by atoms with E-state index in [0.29, 0.717) is 0 Å². The van der Waals surface area contributed by atoms with E-state index in [-0.39, 0.29) is 0 Å². The van der Waals surface area contributed by atoms with Gasteiger partial charge in [0.05, 0.1) is 5.16 Å². The molecule has 0 aliphatic heterocycles. The summed E-state index contributed by atoms with van der Waals surface area (Å²) in [7, 11) is 0. The van der Waals surface area contributed by atoms with Crippen LogP contribution in [0.25, 0.3) is 0 Å². The Morgan fingerprint density at radius 1 is 0.889 bits per heavy atom. The lowest BCUT2D eigenvalue weighted by molar-refractivity contribution is 0.148. The van der Waals surface area contributed by atoms with Crippen molar-refractivity contribution in [2.24, 2.45) is 4.99 Å². The van der Waals surface area contributed by atoms with Gasteiger partial charge in [0.2, 0.25) is 0 Å². The molecule has 2 rings (SSSR count). The van der Waals surface area contributed by atoms with E-state index in [1.807, 2.05) is 60.7 Å². The van der Waals surface area contributed by atoms with Gasteiger partial charge in [0.1, 0.15) is 12.1 Å². The zero-order valence-electron chi connectivity index (χ0n) is 9.73. The molecule has 2 atom stereocenters. The van der Waals surface area contributed by atoms with Crippen molar-refractivity contribution in [3.8, 4) is 0 Å². The molecule has 0 saturated carbocycles. The van der Waals surface area contributed by atoms with Gasteiger partial charge in [0.25, 0.3) is 0 Å². The predicted molar refractivity (Wildman–Crippen MR) is 75.6 cm³/mol. The Bertz CT molecular complexity index is 535. The summed E-state index contributed by atoms with van der Waals surface area (Å²) < 4.78 is 0. The minimum Gasteiger partial charge on any atom is -0.386 e. The molecule has 0 saturated heterocycles. The van der Waals surface area contributed by atoms with Crippen LogP contribution in [0.3, 0.4) is 0 Å². The molecule has 0 bridgehead atoms. The maximum absolute atomic E-state index is 10.4. The van der Waals surface area contributed by atoms with E-state index in [1.54, 1.807) is 0 Å². The summed E-state index contributed by atoms with van der Waals surface area (Å²) >= 11 is 4.67. The molecule has 0 aliphatic carbocycles. The van der Waals surface area contributed by atoms with Crippen molar-refractivity contribution in [2.75, 3.05) is 0 Å². The molecule has 2 unspecified atom stereocenters. The third-order valence-electron chi connectivity index (χ3n) is 2.77. The highest BCUT2D eigenvalue weighted by Crippen LogP contribution is 2.31. The van der Waals surface area contributed by atoms with Crippen molar-refractivity contribution in [2.45, 2.75) is 12.1 Å². The molecule has 2 aromatic carbocycles. The van der Waals surface area contributed by atoms with Crippen LogP contribution in [-0.4, -0.2) is 10.3 Å². The fourth-order valence-electron chi connectivity index (χ4n) is 1.87. The summed E-state index contributed by atoms with van der Waals surface area (Å²) in [4.78, 5) is 4.09. The summed E-state index contributed by atoms with van der Waals surface area (Å²) in [5.41, 5.74) is 1.74. The Balaban J connectivity index is 2.35. The number of thiocarbonyl (C=S) groups is 1. The highest BCUT2D eigenvalue weighted by atomic mass is 32.1. The predicted octanol–water partition coefficient (Wildman–Crippen LogP) is 3.56. The fourth-order valence-corrected chi connectivity index (χ4v) is 1.98. The molecule has 0 heterocycles. The Morgan fingerprint density at radius 3 is 1.89 bits per heavy atom. The molecule has 0 spiro atoms. The Morgan fingerprint density at radius 2 is 1.39 bits per heavy atom. The molecule has 1 N–H and O–H groups in total. The van der Waals surface area contributed by atoms with Crippen LogP contribution in [0.5, 0.6) is 0 Å². The van der Waals surface area contributed by atoms with Gasteiger partial charge in [-0.25, -0.2) is 4.99 Å². The monoisotopic (exact) mass is 255 g/mol. The summed E-state index contributed by atoms with van der Waals surface area (Å²) in [5.74, 6) is 0. The first kappa shape index (κ1) is 12.7. The molecule has 0 fully saturated rings. The second-order valence-electron chi connectivity index (χ2n) is 3.93. The van der Waals surface area contributed by atoms with E-state index in [9.17, 15) is 5.11 Å². The fraction of sp³-hybridized carbons (Fsp3) is 0.133. The van der Waals surface area contributed by atoms with E-state index < -0.39 is 12.1 Å². The maximum Gasteiger partial charge on any atom is 0.115 e. The standard InChI is InChI=1S/C15H13NOS/c17-15(13-9-5-2-6-10-13)14(16-11-18)12-7-3-1-4-8-12/h1-10,14-15,17H. The molecule has 0 aliphatic rings.